The molecule has 2 unspecified atom stereocenters. The Kier molecular flexibility index (Phi) is 10.8. The van der Waals surface area contributed by atoms with Crippen LogP contribution in [0.15, 0.2) is 105 Å². The number of likely N-dealkylation sites (tertiary alicyclic amines) is 2. The fourth-order valence-corrected chi connectivity index (χ4v) is 11.3. The van der Waals surface area contributed by atoms with Crippen LogP contribution in [0.4, 0.5) is 0 Å². The molecular formula is C51H50N14O5. The lowest BCUT2D eigenvalue weighted by molar-refractivity contribution is -0.146. The molecular weight excluding hydrogens is 889 g/mol. The Morgan fingerprint density at radius 3 is 2.24 bits per heavy atom. The highest BCUT2D eigenvalue weighted by Crippen LogP contribution is 2.46. The fourth-order valence-electron chi connectivity index (χ4n) is 11.3. The third kappa shape index (κ3) is 7.38. The number of fused-ring (bicyclic) bond motifs is 4. The lowest BCUT2D eigenvalue weighted by Gasteiger charge is -2.38. The van der Waals surface area contributed by atoms with Crippen LogP contribution in [0.5, 0.6) is 0 Å². The number of ether oxygens (including phenoxy) is 1. The number of morpholine rings is 1. The van der Waals surface area contributed by atoms with Crippen molar-refractivity contribution in [1.29, 1.82) is 0 Å². The van der Waals surface area contributed by atoms with Gasteiger partial charge < -0.3 is 34.7 Å². The van der Waals surface area contributed by atoms with Gasteiger partial charge in [0.2, 0.25) is 23.6 Å². The zero-order valence-electron chi connectivity index (χ0n) is 38.3. The number of aromatic nitrogens is 10. The van der Waals surface area contributed by atoms with Crippen LogP contribution in [0.25, 0.3) is 55.4 Å². The minimum absolute atomic E-state index is 0.00887. The number of carbonyl (C=O) groups excluding carboxylic acids is 4. The van der Waals surface area contributed by atoms with E-state index >= 15 is 0 Å². The van der Waals surface area contributed by atoms with Crippen molar-refractivity contribution in [2.75, 3.05) is 32.8 Å². The molecule has 19 heteroatoms. The predicted molar refractivity (Wildman–Crippen MR) is 258 cm³/mol. The molecule has 1 saturated carbocycles. The highest BCUT2D eigenvalue weighted by Gasteiger charge is 2.44. The van der Waals surface area contributed by atoms with Gasteiger partial charge in [0.15, 0.2) is 0 Å². The number of pyridine rings is 2. The normalized spacial score (nSPS) is 22.7. The zero-order valence-corrected chi connectivity index (χ0v) is 38.3. The number of carbonyl (C=O) groups is 4. The van der Waals surface area contributed by atoms with Crippen LogP contribution in [-0.4, -0.2) is 133 Å². The molecule has 0 radical (unpaired) electrons. The molecule has 4 atom stereocenters. The maximum absolute atomic E-state index is 14.4. The summed E-state index contributed by atoms with van der Waals surface area (Å²) < 4.78 is 9.50. The molecule has 70 heavy (non-hydrogen) atoms. The van der Waals surface area contributed by atoms with Gasteiger partial charge in [0.25, 0.3) is 0 Å². The Morgan fingerprint density at radius 2 is 1.46 bits per heavy atom. The first-order chi connectivity index (χ1) is 34.2. The van der Waals surface area contributed by atoms with Gasteiger partial charge in [-0.05, 0) is 98.7 Å². The zero-order chi connectivity index (χ0) is 47.6. The van der Waals surface area contributed by atoms with Crippen molar-refractivity contribution < 1.29 is 23.9 Å². The molecule has 0 bridgehead atoms. The standard InChI is InChI=1S/C51H50N14O5/c1-3-45(66)61-17-7-8-29(27-61)51(69)62-18-19-70-44(28-62)39-23-34-47(37-26-57-65-42(37)10-6-15-55-65)36(24-53-49(34)60-39)40-11-12-43(63(40)46(67)4-2)50(68)58-31-20-30(21-31)38-22-33-32(13-16-52-48(33)59-38)35-25-56-64-41(35)9-5-14-54-64/h3-6,9-10,13-16,22-26,29-31,40,43-44H,1-2,7-8,11-12,17-21,27-28H2,(H,52,59)(H,53,60)(H,58,68)/t29-,30-,31+,40?,43-,44?/m0/s1. The van der Waals surface area contributed by atoms with Crippen LogP contribution in [0, 0.1) is 5.92 Å². The van der Waals surface area contributed by atoms with Gasteiger partial charge in [-0.2, -0.15) is 29.7 Å². The Hall–Kier alpha value is -8.06. The molecule has 3 N–H and O–H groups in total. The van der Waals surface area contributed by atoms with E-state index in [1.165, 1.54) is 12.2 Å². The number of amides is 4. The quantitative estimate of drug-likeness (QED) is 0.146. The second-order valence-corrected chi connectivity index (χ2v) is 18.7. The summed E-state index contributed by atoms with van der Waals surface area (Å²) in [6, 6.07) is 12.5. The topological polar surface area (TPSA) is 217 Å². The molecule has 11 heterocycles. The average Bonchev–Trinajstić information content (AvgIpc) is 4.25. The lowest BCUT2D eigenvalue weighted by Crippen LogP contribution is -2.52. The first-order valence-electron chi connectivity index (χ1n) is 23.9. The summed E-state index contributed by atoms with van der Waals surface area (Å²) in [4.78, 5) is 76.5. The summed E-state index contributed by atoms with van der Waals surface area (Å²) in [5, 5.41) is 22.9. The number of rotatable bonds is 10. The molecule has 3 saturated heterocycles. The van der Waals surface area contributed by atoms with Gasteiger partial charge in [-0.15, -0.1) is 0 Å². The molecule has 0 aromatic carbocycles. The molecule has 8 aromatic rings. The highest BCUT2D eigenvalue weighted by atomic mass is 16.5. The Balaban J connectivity index is 0.799. The second-order valence-electron chi connectivity index (χ2n) is 18.7. The smallest absolute Gasteiger partial charge is 0.247 e. The van der Waals surface area contributed by atoms with E-state index in [2.05, 4.69) is 59.9 Å². The largest absolute Gasteiger partial charge is 0.368 e. The van der Waals surface area contributed by atoms with Crippen molar-refractivity contribution in [3.63, 3.8) is 0 Å². The number of piperidine rings is 1. The molecule has 4 amide bonds. The monoisotopic (exact) mass is 938 g/mol. The van der Waals surface area contributed by atoms with Crippen molar-refractivity contribution >= 4 is 56.7 Å². The summed E-state index contributed by atoms with van der Waals surface area (Å²) in [6.45, 7) is 9.58. The van der Waals surface area contributed by atoms with E-state index in [1.54, 1.807) is 50.0 Å². The lowest BCUT2D eigenvalue weighted by atomic mass is 9.78. The molecule has 8 aromatic heterocycles. The number of nitrogens with one attached hydrogen (secondary N) is 3. The fraction of sp³-hybridized carbons (Fsp3) is 0.333. The van der Waals surface area contributed by atoms with Crippen molar-refractivity contribution in [1.82, 2.24) is 69.6 Å². The van der Waals surface area contributed by atoms with Gasteiger partial charge in [0, 0.05) is 101 Å². The number of hydrogen-bond acceptors (Lipinski definition) is 11. The maximum atomic E-state index is 14.4. The minimum Gasteiger partial charge on any atom is -0.368 e. The van der Waals surface area contributed by atoms with E-state index < -0.39 is 18.2 Å². The molecule has 1 aliphatic carbocycles. The SMILES string of the molecule is C=CC(=O)N1CCC[C@H](C(=O)N2CCOC(c3cc4c(-c5cnn6ncccc56)c(C5CC[C@@H](C(=O)N[C@H]6C[C@@H](c7cc8c(-c9cnn%10ncccc9%10)ccnc8[nH]7)C6)N5C(=O)C=C)cnc4[nH]3)C2)C1. The summed E-state index contributed by atoms with van der Waals surface area (Å²) in [5.41, 5.74) is 9.17. The van der Waals surface area contributed by atoms with Gasteiger partial charge in [-0.1, -0.05) is 13.2 Å². The van der Waals surface area contributed by atoms with E-state index in [0.29, 0.717) is 57.7 Å². The van der Waals surface area contributed by atoms with Gasteiger partial charge >= 0.3 is 0 Å². The maximum Gasteiger partial charge on any atom is 0.247 e. The number of H-pyrrole nitrogens is 2. The van der Waals surface area contributed by atoms with E-state index in [9.17, 15) is 19.2 Å². The summed E-state index contributed by atoms with van der Waals surface area (Å²) >= 11 is 0. The van der Waals surface area contributed by atoms with Crippen LogP contribution in [0.1, 0.15) is 73.5 Å². The molecule has 4 fully saturated rings. The Morgan fingerprint density at radius 1 is 0.729 bits per heavy atom. The van der Waals surface area contributed by atoms with E-state index in [4.69, 9.17) is 9.72 Å². The summed E-state index contributed by atoms with van der Waals surface area (Å²) in [6.07, 6.45) is 16.5. The molecule has 354 valence electrons. The van der Waals surface area contributed by atoms with Crippen molar-refractivity contribution in [3.05, 3.63) is 122 Å². The average molecular weight is 939 g/mol. The van der Waals surface area contributed by atoms with E-state index in [0.717, 1.165) is 85.9 Å². The van der Waals surface area contributed by atoms with Crippen LogP contribution in [-0.2, 0) is 23.9 Å². The first kappa shape index (κ1) is 43.2. The number of nitrogens with zero attached hydrogens (tertiary/aromatic N) is 11. The first-order valence-corrected chi connectivity index (χ1v) is 23.9. The molecule has 12 rings (SSSR count). The van der Waals surface area contributed by atoms with Gasteiger partial charge in [0.05, 0.1) is 48.5 Å². The van der Waals surface area contributed by atoms with Crippen molar-refractivity contribution in [2.24, 2.45) is 5.92 Å². The molecule has 4 aliphatic rings. The summed E-state index contributed by atoms with van der Waals surface area (Å²) in [5.74, 6) is -0.817. The van der Waals surface area contributed by atoms with E-state index in [-0.39, 0.29) is 41.5 Å². The van der Waals surface area contributed by atoms with Crippen LogP contribution >= 0.6 is 0 Å². The number of hydrogen-bond donors (Lipinski definition) is 3. The van der Waals surface area contributed by atoms with Crippen LogP contribution in [0.3, 0.4) is 0 Å². The van der Waals surface area contributed by atoms with Crippen molar-refractivity contribution in [3.8, 4) is 22.3 Å². The third-order valence-corrected chi connectivity index (χ3v) is 14.8. The molecule has 3 aliphatic heterocycles. The van der Waals surface area contributed by atoms with Gasteiger partial charge in [-0.25, -0.2) is 9.97 Å². The number of aromatic amines is 2. The van der Waals surface area contributed by atoms with Crippen LogP contribution < -0.4 is 5.32 Å². The Bertz CT molecular complexity index is 3400. The molecule has 19 nitrogen and oxygen atoms in total. The minimum atomic E-state index is -0.740. The molecule has 0 spiro atoms. The van der Waals surface area contributed by atoms with Crippen molar-refractivity contribution in [2.45, 2.75) is 68.7 Å². The Labute approximate surface area is 400 Å². The van der Waals surface area contributed by atoms with Gasteiger partial charge in [-0.3, -0.25) is 19.2 Å². The van der Waals surface area contributed by atoms with Crippen LogP contribution in [0.2, 0.25) is 0 Å². The van der Waals surface area contributed by atoms with Gasteiger partial charge in [0.1, 0.15) is 23.4 Å². The third-order valence-electron chi connectivity index (χ3n) is 14.8. The summed E-state index contributed by atoms with van der Waals surface area (Å²) in [7, 11) is 0. The highest BCUT2D eigenvalue weighted by molar-refractivity contribution is 6.01. The predicted octanol–water partition coefficient (Wildman–Crippen LogP) is 5.46. The second kappa shape index (κ2) is 17.5. The van der Waals surface area contributed by atoms with E-state index in [1.807, 2.05) is 47.5 Å².